The number of nitrogens with one attached hydrogen (secondary N) is 2. The van der Waals surface area contributed by atoms with Gasteiger partial charge in [0.15, 0.2) is 0 Å². The summed E-state index contributed by atoms with van der Waals surface area (Å²) in [6.45, 7) is 1.67. The van der Waals surface area contributed by atoms with E-state index in [-0.39, 0.29) is 24.8 Å². The molecule has 0 bridgehead atoms. The van der Waals surface area contributed by atoms with Gasteiger partial charge >= 0.3 is 0 Å². The lowest BCUT2D eigenvalue weighted by Crippen LogP contribution is -2.47. The number of nitrogens with zero attached hydrogens (tertiary/aromatic N) is 1. The lowest BCUT2D eigenvalue weighted by molar-refractivity contribution is -0.128. The minimum absolute atomic E-state index is 0.245. The van der Waals surface area contributed by atoms with Crippen molar-refractivity contribution >= 4 is 22.6 Å². The molecule has 2 aromatic carbocycles. The third kappa shape index (κ3) is 4.82. The third-order valence-electron chi connectivity index (χ3n) is 3.48. The first-order valence-corrected chi connectivity index (χ1v) is 7.49. The smallest absolute Gasteiger partial charge is 0.242 e. The number of nitriles is 1. The van der Waals surface area contributed by atoms with Crippen molar-refractivity contribution < 1.29 is 9.59 Å². The first kappa shape index (κ1) is 16.5. The molecule has 0 saturated carbocycles. The van der Waals surface area contributed by atoms with Gasteiger partial charge in [-0.05, 0) is 16.3 Å². The minimum atomic E-state index is -0.646. The second kappa shape index (κ2) is 7.95. The zero-order valence-corrected chi connectivity index (χ0v) is 13.0. The quantitative estimate of drug-likeness (QED) is 0.800. The fourth-order valence-electron chi connectivity index (χ4n) is 2.42. The van der Waals surface area contributed by atoms with E-state index >= 15 is 0 Å². The van der Waals surface area contributed by atoms with Crippen LogP contribution < -0.4 is 10.6 Å². The monoisotopic (exact) mass is 309 g/mol. The molecule has 2 aromatic rings. The summed E-state index contributed by atoms with van der Waals surface area (Å²) in [6, 6.07) is 15.3. The molecule has 0 fully saturated rings. The van der Waals surface area contributed by atoms with Crippen LogP contribution in [0.4, 0.5) is 0 Å². The summed E-state index contributed by atoms with van der Waals surface area (Å²) >= 11 is 0. The maximum atomic E-state index is 12.2. The highest BCUT2D eigenvalue weighted by Gasteiger charge is 2.19. The Morgan fingerprint density at radius 1 is 1.17 bits per heavy atom. The van der Waals surface area contributed by atoms with Crippen LogP contribution in [0.5, 0.6) is 0 Å². The van der Waals surface area contributed by atoms with Crippen LogP contribution in [-0.4, -0.2) is 24.4 Å². The standard InChI is InChI=1S/C18H19N3O2/c1-13(22)21-17(18(23)20-10-4-9-19)12-14-7-8-15-5-2-3-6-16(15)11-14/h2-3,5-8,11,17H,4,10,12H2,1H3,(H,20,23)(H,21,22). The first-order chi connectivity index (χ1) is 11.1. The molecule has 5 heteroatoms. The molecule has 0 spiro atoms. The van der Waals surface area contributed by atoms with Crippen molar-refractivity contribution in [3.63, 3.8) is 0 Å². The van der Waals surface area contributed by atoms with Crippen molar-refractivity contribution in [2.45, 2.75) is 25.8 Å². The third-order valence-corrected chi connectivity index (χ3v) is 3.48. The van der Waals surface area contributed by atoms with Crippen molar-refractivity contribution in [2.75, 3.05) is 6.54 Å². The molecule has 1 atom stereocenters. The van der Waals surface area contributed by atoms with E-state index in [1.54, 1.807) is 0 Å². The molecule has 0 aliphatic heterocycles. The van der Waals surface area contributed by atoms with Gasteiger partial charge < -0.3 is 10.6 Å². The van der Waals surface area contributed by atoms with E-state index < -0.39 is 6.04 Å². The van der Waals surface area contributed by atoms with Gasteiger partial charge in [-0.3, -0.25) is 9.59 Å². The topological polar surface area (TPSA) is 82.0 Å². The van der Waals surface area contributed by atoms with Gasteiger partial charge in [0.1, 0.15) is 6.04 Å². The Hall–Kier alpha value is -2.87. The summed E-state index contributed by atoms with van der Waals surface area (Å²) in [4.78, 5) is 23.5. The normalized spacial score (nSPS) is 11.5. The van der Waals surface area contributed by atoms with E-state index in [0.717, 1.165) is 16.3 Å². The molecular weight excluding hydrogens is 290 g/mol. The SMILES string of the molecule is CC(=O)NC(Cc1ccc2ccccc2c1)C(=O)NCCC#N. The van der Waals surface area contributed by atoms with Gasteiger partial charge in [-0.1, -0.05) is 42.5 Å². The highest BCUT2D eigenvalue weighted by atomic mass is 16.2. The maximum Gasteiger partial charge on any atom is 0.242 e. The van der Waals surface area contributed by atoms with Crippen LogP contribution in [0.15, 0.2) is 42.5 Å². The zero-order valence-electron chi connectivity index (χ0n) is 13.0. The number of hydrogen-bond donors (Lipinski definition) is 2. The summed E-state index contributed by atoms with van der Waals surface area (Å²) in [6.07, 6.45) is 0.650. The van der Waals surface area contributed by atoms with Crippen LogP contribution in [0, 0.1) is 11.3 Å². The lowest BCUT2D eigenvalue weighted by atomic mass is 10.0. The van der Waals surface area contributed by atoms with E-state index in [0.29, 0.717) is 6.42 Å². The molecule has 2 rings (SSSR count). The van der Waals surface area contributed by atoms with Crippen molar-refractivity contribution in [3.8, 4) is 6.07 Å². The number of hydrogen-bond acceptors (Lipinski definition) is 3. The van der Waals surface area contributed by atoms with E-state index in [1.165, 1.54) is 6.92 Å². The molecule has 0 aliphatic rings. The van der Waals surface area contributed by atoms with Gasteiger partial charge in [0.05, 0.1) is 12.5 Å². The largest absolute Gasteiger partial charge is 0.353 e. The van der Waals surface area contributed by atoms with Crippen LogP contribution in [0.2, 0.25) is 0 Å². The van der Waals surface area contributed by atoms with Gasteiger partial charge in [0, 0.05) is 19.9 Å². The molecular formula is C18H19N3O2. The Morgan fingerprint density at radius 3 is 2.61 bits per heavy atom. The van der Waals surface area contributed by atoms with Crippen LogP contribution in [0.25, 0.3) is 10.8 Å². The van der Waals surface area contributed by atoms with E-state index in [9.17, 15) is 9.59 Å². The minimum Gasteiger partial charge on any atom is -0.353 e. The molecule has 0 radical (unpaired) electrons. The van der Waals surface area contributed by atoms with Crippen molar-refractivity contribution in [1.82, 2.24) is 10.6 Å². The average molecular weight is 309 g/mol. The number of amides is 2. The summed E-state index contributed by atoms with van der Waals surface area (Å²) in [7, 11) is 0. The predicted molar refractivity (Wildman–Crippen MR) is 88.5 cm³/mol. The molecule has 2 N–H and O–H groups in total. The van der Waals surface area contributed by atoms with E-state index in [4.69, 9.17) is 5.26 Å². The van der Waals surface area contributed by atoms with Gasteiger partial charge in [0.2, 0.25) is 11.8 Å². The number of benzene rings is 2. The molecule has 118 valence electrons. The second-order valence-electron chi connectivity index (χ2n) is 5.34. The second-order valence-corrected chi connectivity index (χ2v) is 5.34. The van der Waals surface area contributed by atoms with Crippen molar-refractivity contribution in [2.24, 2.45) is 0 Å². The van der Waals surface area contributed by atoms with Crippen LogP contribution >= 0.6 is 0 Å². The molecule has 0 heterocycles. The molecule has 23 heavy (non-hydrogen) atoms. The highest BCUT2D eigenvalue weighted by molar-refractivity contribution is 5.87. The Bertz CT molecular complexity index is 749. The number of fused-ring (bicyclic) bond motifs is 1. The van der Waals surface area contributed by atoms with E-state index in [1.807, 2.05) is 48.5 Å². The molecule has 1 unspecified atom stereocenters. The molecule has 5 nitrogen and oxygen atoms in total. The Balaban J connectivity index is 2.13. The number of rotatable bonds is 6. The number of carbonyl (C=O) groups is 2. The van der Waals surface area contributed by atoms with Gasteiger partial charge in [0.25, 0.3) is 0 Å². The van der Waals surface area contributed by atoms with Crippen molar-refractivity contribution in [3.05, 3.63) is 48.0 Å². The maximum absolute atomic E-state index is 12.2. The van der Waals surface area contributed by atoms with E-state index in [2.05, 4.69) is 10.6 Å². The predicted octanol–water partition coefficient (Wildman–Crippen LogP) is 1.92. The Kier molecular flexibility index (Phi) is 5.70. The van der Waals surface area contributed by atoms with Gasteiger partial charge in [-0.25, -0.2) is 0 Å². The molecule has 0 saturated heterocycles. The lowest BCUT2D eigenvalue weighted by Gasteiger charge is -2.17. The summed E-state index contributed by atoms with van der Waals surface area (Å²) in [5, 5.41) is 16.1. The molecule has 2 amide bonds. The van der Waals surface area contributed by atoms with Crippen molar-refractivity contribution in [1.29, 1.82) is 5.26 Å². The summed E-state index contributed by atoms with van der Waals surface area (Å²) in [5.41, 5.74) is 0.970. The molecule has 0 aliphatic carbocycles. The van der Waals surface area contributed by atoms with Crippen LogP contribution in [0.3, 0.4) is 0 Å². The summed E-state index contributed by atoms with van der Waals surface area (Å²) < 4.78 is 0. The van der Waals surface area contributed by atoms with Crippen LogP contribution in [0.1, 0.15) is 18.9 Å². The number of carbonyl (C=O) groups excluding carboxylic acids is 2. The average Bonchev–Trinajstić information content (AvgIpc) is 2.54. The Labute approximate surface area is 135 Å². The summed E-state index contributed by atoms with van der Waals surface area (Å²) in [5.74, 6) is -0.533. The zero-order chi connectivity index (χ0) is 16.7. The van der Waals surface area contributed by atoms with Gasteiger partial charge in [-0.15, -0.1) is 0 Å². The molecule has 0 aromatic heterocycles. The Morgan fingerprint density at radius 2 is 1.91 bits per heavy atom. The highest BCUT2D eigenvalue weighted by Crippen LogP contribution is 2.16. The fourth-order valence-corrected chi connectivity index (χ4v) is 2.42. The first-order valence-electron chi connectivity index (χ1n) is 7.49. The fraction of sp³-hybridized carbons (Fsp3) is 0.278. The van der Waals surface area contributed by atoms with Crippen LogP contribution in [-0.2, 0) is 16.0 Å². The van der Waals surface area contributed by atoms with Gasteiger partial charge in [-0.2, -0.15) is 5.26 Å².